The van der Waals surface area contributed by atoms with Gasteiger partial charge in [0, 0.05) is 11.6 Å². The fourth-order valence-corrected chi connectivity index (χ4v) is 3.51. The molecule has 0 fully saturated rings. The minimum absolute atomic E-state index is 0.0415. The number of rotatable bonds is 5. The number of hydrogen-bond donors (Lipinski definition) is 0. The van der Waals surface area contributed by atoms with Crippen LogP contribution < -0.4 is 9.47 Å². The van der Waals surface area contributed by atoms with E-state index >= 15 is 0 Å². The largest absolute Gasteiger partial charge is 0.486 e. The molecule has 0 saturated carbocycles. The first-order valence-electron chi connectivity index (χ1n) is 8.53. The van der Waals surface area contributed by atoms with Crippen molar-refractivity contribution in [2.75, 3.05) is 19.0 Å². The van der Waals surface area contributed by atoms with E-state index in [1.54, 1.807) is 4.68 Å². The molecule has 0 bridgehead atoms. The first-order valence-corrected chi connectivity index (χ1v) is 9.52. The number of carbonyl (C=O) groups is 1. The third-order valence-electron chi connectivity index (χ3n) is 4.37. The first-order chi connectivity index (χ1) is 13.1. The van der Waals surface area contributed by atoms with Crippen molar-refractivity contribution < 1.29 is 14.3 Å². The van der Waals surface area contributed by atoms with Crippen molar-refractivity contribution in [3.63, 3.8) is 0 Å². The minimum Gasteiger partial charge on any atom is -0.486 e. The van der Waals surface area contributed by atoms with E-state index < -0.39 is 0 Å². The Bertz CT molecular complexity index is 1000. The quantitative estimate of drug-likeness (QED) is 0.496. The van der Waals surface area contributed by atoms with Crippen LogP contribution in [0.1, 0.15) is 21.5 Å². The minimum atomic E-state index is 0.0415. The van der Waals surface area contributed by atoms with Gasteiger partial charge in [-0.3, -0.25) is 4.79 Å². The summed E-state index contributed by atoms with van der Waals surface area (Å²) in [5, 5.41) is 12.4. The van der Waals surface area contributed by atoms with E-state index in [1.807, 2.05) is 50.2 Å². The molecule has 0 aliphatic carbocycles. The normalized spacial score (nSPS) is 12.8. The summed E-state index contributed by atoms with van der Waals surface area (Å²) in [7, 11) is 0. The molecule has 8 heteroatoms. The molecular formula is C19H18N4O3S. The summed E-state index contributed by atoms with van der Waals surface area (Å²) in [5.74, 6) is 1.67. The maximum Gasteiger partial charge on any atom is 0.214 e. The smallest absolute Gasteiger partial charge is 0.214 e. The maximum absolute atomic E-state index is 12.5. The number of Topliss-reactive ketones (excluding diaryl/α,β-unsaturated/α-hetero) is 1. The summed E-state index contributed by atoms with van der Waals surface area (Å²) in [6.45, 7) is 5.08. The Labute approximate surface area is 160 Å². The van der Waals surface area contributed by atoms with Gasteiger partial charge in [0.2, 0.25) is 5.16 Å². The average molecular weight is 382 g/mol. The molecule has 1 aliphatic rings. The molecule has 0 N–H and O–H groups in total. The van der Waals surface area contributed by atoms with Crippen LogP contribution in [-0.4, -0.2) is 45.0 Å². The molecule has 0 amide bonds. The molecule has 1 aromatic heterocycles. The molecule has 1 aliphatic heterocycles. The molecule has 27 heavy (non-hydrogen) atoms. The van der Waals surface area contributed by atoms with Gasteiger partial charge >= 0.3 is 0 Å². The number of benzene rings is 2. The van der Waals surface area contributed by atoms with E-state index in [0.717, 1.165) is 11.3 Å². The van der Waals surface area contributed by atoms with Crippen molar-refractivity contribution in [1.82, 2.24) is 20.2 Å². The van der Waals surface area contributed by atoms with Gasteiger partial charge < -0.3 is 9.47 Å². The molecule has 4 rings (SSSR count). The molecule has 0 spiro atoms. The topological polar surface area (TPSA) is 79.1 Å². The van der Waals surface area contributed by atoms with E-state index in [2.05, 4.69) is 15.5 Å². The maximum atomic E-state index is 12.5. The van der Waals surface area contributed by atoms with Gasteiger partial charge in [0.25, 0.3) is 0 Å². The fourth-order valence-electron chi connectivity index (χ4n) is 2.72. The summed E-state index contributed by atoms with van der Waals surface area (Å²) < 4.78 is 12.7. The van der Waals surface area contributed by atoms with Crippen LogP contribution in [0, 0.1) is 13.8 Å². The lowest BCUT2D eigenvalue weighted by Crippen LogP contribution is -2.15. The zero-order chi connectivity index (χ0) is 18.8. The number of aryl methyl sites for hydroxylation is 2. The Morgan fingerprint density at radius 3 is 2.70 bits per heavy atom. The van der Waals surface area contributed by atoms with Crippen molar-refractivity contribution in [2.45, 2.75) is 19.0 Å². The lowest BCUT2D eigenvalue weighted by atomic mass is 10.0. The van der Waals surface area contributed by atoms with Gasteiger partial charge in [-0.2, -0.15) is 4.68 Å². The second kappa shape index (κ2) is 7.40. The Balaban J connectivity index is 1.51. The highest BCUT2D eigenvalue weighted by molar-refractivity contribution is 7.99. The van der Waals surface area contributed by atoms with Crippen LogP contribution in [-0.2, 0) is 0 Å². The summed E-state index contributed by atoms with van der Waals surface area (Å²) in [4.78, 5) is 12.5. The van der Waals surface area contributed by atoms with Gasteiger partial charge in [0.1, 0.15) is 13.2 Å². The molecule has 0 radical (unpaired) electrons. The number of aromatic nitrogens is 4. The molecule has 2 aromatic carbocycles. The number of ether oxygens (including phenoxy) is 2. The highest BCUT2D eigenvalue weighted by Gasteiger charge is 2.17. The standard InChI is InChI=1S/C19H18N4O3S/c1-12-3-4-14(9-13(12)2)16(24)11-27-19-20-21-22-23(19)15-5-6-17-18(10-15)26-8-7-25-17/h3-6,9-10H,7-8,11H2,1-2H3. The highest BCUT2D eigenvalue weighted by atomic mass is 32.2. The Morgan fingerprint density at radius 2 is 1.89 bits per heavy atom. The van der Waals surface area contributed by atoms with Gasteiger partial charge in [0.05, 0.1) is 11.4 Å². The Kier molecular flexibility index (Phi) is 4.81. The average Bonchev–Trinajstić information content (AvgIpc) is 3.16. The number of fused-ring (bicyclic) bond motifs is 1. The summed E-state index contributed by atoms with van der Waals surface area (Å²) in [5.41, 5.74) is 3.73. The van der Waals surface area contributed by atoms with Gasteiger partial charge in [-0.25, -0.2) is 0 Å². The number of tetrazole rings is 1. The summed E-state index contributed by atoms with van der Waals surface area (Å²) >= 11 is 1.30. The van der Waals surface area contributed by atoms with Gasteiger partial charge in [-0.1, -0.05) is 23.9 Å². The van der Waals surface area contributed by atoms with Crippen molar-refractivity contribution >= 4 is 17.5 Å². The van der Waals surface area contributed by atoms with Crippen LogP contribution in [0.2, 0.25) is 0 Å². The van der Waals surface area contributed by atoms with Crippen LogP contribution in [0.15, 0.2) is 41.6 Å². The molecular weight excluding hydrogens is 364 g/mol. The second-order valence-electron chi connectivity index (χ2n) is 6.21. The van der Waals surface area contributed by atoms with Gasteiger partial charge in [0.15, 0.2) is 17.3 Å². The highest BCUT2D eigenvalue weighted by Crippen LogP contribution is 2.32. The molecule has 0 unspecified atom stereocenters. The van der Waals surface area contributed by atoms with Crippen LogP contribution in [0.4, 0.5) is 0 Å². The molecule has 7 nitrogen and oxygen atoms in total. The number of ketones is 1. The van der Waals surface area contributed by atoms with Crippen LogP contribution >= 0.6 is 11.8 Å². The lowest BCUT2D eigenvalue weighted by Gasteiger charge is -2.18. The van der Waals surface area contributed by atoms with Crippen LogP contribution in [0.25, 0.3) is 5.69 Å². The summed E-state index contributed by atoms with van der Waals surface area (Å²) in [6, 6.07) is 11.3. The third-order valence-corrected chi connectivity index (χ3v) is 5.29. The second-order valence-corrected chi connectivity index (χ2v) is 7.15. The summed E-state index contributed by atoms with van der Waals surface area (Å²) in [6.07, 6.45) is 0. The third kappa shape index (κ3) is 3.66. The number of hydrogen-bond acceptors (Lipinski definition) is 7. The van der Waals surface area contributed by atoms with Crippen molar-refractivity contribution in [3.05, 3.63) is 53.1 Å². The SMILES string of the molecule is Cc1ccc(C(=O)CSc2nnnn2-c2ccc3c(c2)OCCO3)cc1C. The number of nitrogens with zero attached hydrogens (tertiary/aromatic N) is 4. The van der Waals surface area contributed by atoms with E-state index in [-0.39, 0.29) is 11.5 Å². The zero-order valence-corrected chi connectivity index (χ0v) is 15.8. The molecule has 3 aromatic rings. The van der Waals surface area contributed by atoms with E-state index in [1.165, 1.54) is 17.3 Å². The predicted molar refractivity (Wildman–Crippen MR) is 101 cm³/mol. The first kappa shape index (κ1) is 17.5. The van der Waals surface area contributed by atoms with Crippen molar-refractivity contribution in [1.29, 1.82) is 0 Å². The zero-order valence-electron chi connectivity index (χ0n) is 15.0. The van der Waals surface area contributed by atoms with E-state index in [4.69, 9.17) is 9.47 Å². The predicted octanol–water partition coefficient (Wildman–Crippen LogP) is 3.03. The number of carbonyl (C=O) groups excluding carboxylic acids is 1. The monoisotopic (exact) mass is 382 g/mol. The molecule has 0 saturated heterocycles. The molecule has 138 valence electrons. The molecule has 0 atom stereocenters. The van der Waals surface area contributed by atoms with E-state index in [0.29, 0.717) is 35.4 Å². The Hall–Kier alpha value is -2.87. The Morgan fingerprint density at radius 1 is 1.07 bits per heavy atom. The van der Waals surface area contributed by atoms with Crippen molar-refractivity contribution in [2.24, 2.45) is 0 Å². The fraction of sp³-hybridized carbons (Fsp3) is 0.263. The van der Waals surface area contributed by atoms with Crippen LogP contribution in [0.3, 0.4) is 0 Å². The van der Waals surface area contributed by atoms with Gasteiger partial charge in [-0.15, -0.1) is 5.10 Å². The lowest BCUT2D eigenvalue weighted by molar-refractivity contribution is 0.102. The van der Waals surface area contributed by atoms with Gasteiger partial charge in [-0.05, 0) is 53.6 Å². The van der Waals surface area contributed by atoms with Crippen molar-refractivity contribution in [3.8, 4) is 17.2 Å². The van der Waals surface area contributed by atoms with E-state index in [9.17, 15) is 4.79 Å². The van der Waals surface area contributed by atoms with Crippen LogP contribution in [0.5, 0.6) is 11.5 Å². The number of thioether (sulfide) groups is 1. The molecule has 2 heterocycles.